The number of hydrogen-bond acceptors (Lipinski definition) is 5. The molecule has 1 atom stereocenters. The van der Waals surface area contributed by atoms with Crippen molar-refractivity contribution in [1.29, 1.82) is 0 Å². The number of halogens is 4. The molecule has 1 heterocycles. The van der Waals surface area contributed by atoms with Crippen LogP contribution in [0.1, 0.15) is 43.1 Å². The van der Waals surface area contributed by atoms with E-state index in [1.807, 2.05) is 32.0 Å². The Kier molecular flexibility index (Phi) is 8.95. The van der Waals surface area contributed by atoms with Crippen molar-refractivity contribution in [3.05, 3.63) is 94.8 Å². The van der Waals surface area contributed by atoms with Gasteiger partial charge in [0.05, 0.1) is 24.2 Å². The molecule has 4 aromatic rings. The molecule has 1 aromatic heterocycles. The minimum atomic E-state index is -0.254. The molecule has 0 N–H and O–H groups in total. The summed E-state index contributed by atoms with van der Waals surface area (Å²) in [5, 5.41) is 6.10. The molecular weight excluding hydrogens is 645 g/mol. The Labute approximate surface area is 241 Å². The van der Waals surface area contributed by atoms with Gasteiger partial charge in [0.1, 0.15) is 12.4 Å². The first-order chi connectivity index (χ1) is 17.7. The molecule has 6 nitrogen and oxygen atoms in total. The summed E-state index contributed by atoms with van der Waals surface area (Å²) >= 11 is 19.3. The fraction of sp³-hybridized carbons (Fsp3) is 0.222. The van der Waals surface area contributed by atoms with Gasteiger partial charge < -0.3 is 9.47 Å². The average Bonchev–Trinajstić information content (AvgIpc) is 2.87. The second kappa shape index (κ2) is 12.0. The molecule has 0 radical (unpaired) electrons. The van der Waals surface area contributed by atoms with Gasteiger partial charge in [0, 0.05) is 36.0 Å². The van der Waals surface area contributed by atoms with Gasteiger partial charge in [0.15, 0.2) is 11.5 Å². The molecule has 0 fully saturated rings. The molecule has 0 amide bonds. The van der Waals surface area contributed by atoms with Crippen LogP contribution in [-0.2, 0) is 6.61 Å². The van der Waals surface area contributed by atoms with Gasteiger partial charge in [-0.1, -0.05) is 75.0 Å². The number of ether oxygens (including phenoxy) is 2. The lowest BCUT2D eigenvalue weighted by molar-refractivity contribution is 0.284. The van der Waals surface area contributed by atoms with Gasteiger partial charge in [-0.05, 0) is 48.9 Å². The highest BCUT2D eigenvalue weighted by molar-refractivity contribution is 9.10. The first-order valence-electron chi connectivity index (χ1n) is 11.4. The fourth-order valence-electron chi connectivity index (χ4n) is 3.68. The van der Waals surface area contributed by atoms with E-state index in [-0.39, 0.29) is 18.1 Å². The highest BCUT2D eigenvalue weighted by Crippen LogP contribution is 2.35. The van der Waals surface area contributed by atoms with Crippen LogP contribution >= 0.6 is 55.1 Å². The summed E-state index contributed by atoms with van der Waals surface area (Å²) in [6.45, 7) is 4.24. The highest BCUT2D eigenvalue weighted by atomic mass is 79.9. The second-order valence-electron chi connectivity index (χ2n) is 8.35. The number of rotatable bonds is 8. The number of hydrogen-bond donors (Lipinski definition) is 0. The second-order valence-corrected chi connectivity index (χ2v) is 11.0. The van der Waals surface area contributed by atoms with Crippen molar-refractivity contribution in [2.45, 2.75) is 32.8 Å². The van der Waals surface area contributed by atoms with Gasteiger partial charge in [-0.2, -0.15) is 9.78 Å². The average molecular weight is 668 g/mol. The number of benzene rings is 3. The minimum Gasteiger partial charge on any atom is -0.493 e. The van der Waals surface area contributed by atoms with Crippen LogP contribution in [-0.4, -0.2) is 23.0 Å². The van der Waals surface area contributed by atoms with E-state index in [9.17, 15) is 4.79 Å². The van der Waals surface area contributed by atoms with Crippen LogP contribution in [0, 0.1) is 0 Å². The predicted molar refractivity (Wildman–Crippen MR) is 157 cm³/mol. The molecule has 0 saturated heterocycles. The van der Waals surface area contributed by atoms with Gasteiger partial charge in [-0.25, -0.2) is 4.98 Å². The summed E-state index contributed by atoms with van der Waals surface area (Å²) in [4.78, 5) is 18.3. The van der Waals surface area contributed by atoms with E-state index in [0.717, 1.165) is 20.9 Å². The summed E-state index contributed by atoms with van der Waals surface area (Å²) in [5.74, 6) is 1.54. The van der Waals surface area contributed by atoms with Crippen LogP contribution in [0.4, 0.5) is 0 Å². The molecular formula is C27H23Br2Cl2N3O3. The van der Waals surface area contributed by atoms with Crippen molar-refractivity contribution >= 4 is 72.2 Å². The standard InChI is InChI=1S/C27H23Br2Cl2N3O3/c1-4-15(2)26-33-23-8-6-18(28)10-21(23)27(35)34(26)32-13-17-9-19(29)11-24(36-3)25(17)37-14-16-5-7-20(30)12-22(16)31/h5-13,15H,4,14H2,1-3H3/t15-/m0/s1. The number of aromatic nitrogens is 2. The minimum absolute atomic E-state index is 0.0118. The Bertz CT molecular complexity index is 1560. The molecule has 0 unspecified atom stereocenters. The maximum Gasteiger partial charge on any atom is 0.282 e. The lowest BCUT2D eigenvalue weighted by atomic mass is 10.1. The molecule has 0 spiro atoms. The summed E-state index contributed by atoms with van der Waals surface area (Å²) in [6.07, 6.45) is 2.37. The van der Waals surface area contributed by atoms with Crippen molar-refractivity contribution in [2.75, 3.05) is 7.11 Å². The quantitative estimate of drug-likeness (QED) is 0.178. The molecule has 10 heteroatoms. The van der Waals surface area contributed by atoms with Crippen molar-refractivity contribution in [2.24, 2.45) is 5.10 Å². The molecule has 37 heavy (non-hydrogen) atoms. The third kappa shape index (κ3) is 6.20. The predicted octanol–water partition coefficient (Wildman–Crippen LogP) is 8.21. The Morgan fingerprint density at radius 1 is 1.11 bits per heavy atom. The Morgan fingerprint density at radius 2 is 1.89 bits per heavy atom. The zero-order valence-corrected chi connectivity index (χ0v) is 24.9. The Hall–Kier alpha value is -2.39. The summed E-state index contributed by atoms with van der Waals surface area (Å²) in [7, 11) is 1.56. The van der Waals surface area contributed by atoms with Crippen molar-refractivity contribution in [3.63, 3.8) is 0 Å². The fourth-order valence-corrected chi connectivity index (χ4v) is 4.96. The van der Waals surface area contributed by atoms with E-state index >= 15 is 0 Å². The smallest absolute Gasteiger partial charge is 0.282 e. The zero-order valence-electron chi connectivity index (χ0n) is 20.3. The molecule has 0 aliphatic rings. The van der Waals surface area contributed by atoms with Crippen molar-refractivity contribution in [3.8, 4) is 11.5 Å². The lowest BCUT2D eigenvalue weighted by Crippen LogP contribution is -2.23. The van der Waals surface area contributed by atoms with Gasteiger partial charge in [-0.15, -0.1) is 0 Å². The molecule has 0 bridgehead atoms. The SMILES string of the molecule is CC[C@H](C)c1nc2ccc(Br)cc2c(=O)n1N=Cc1cc(Br)cc(OC)c1OCc1ccc(Cl)cc1Cl. The van der Waals surface area contributed by atoms with Crippen LogP contribution < -0.4 is 15.0 Å². The largest absolute Gasteiger partial charge is 0.493 e. The topological polar surface area (TPSA) is 65.7 Å². The van der Waals surface area contributed by atoms with Crippen LogP contribution in [0.2, 0.25) is 10.0 Å². The Morgan fingerprint density at radius 3 is 2.59 bits per heavy atom. The van der Waals surface area contributed by atoms with Crippen LogP contribution in [0.25, 0.3) is 10.9 Å². The first-order valence-corrected chi connectivity index (χ1v) is 13.8. The number of fused-ring (bicyclic) bond motifs is 1. The third-order valence-corrected chi connectivity index (χ3v) is 7.39. The van der Waals surface area contributed by atoms with E-state index in [1.54, 1.807) is 43.7 Å². The van der Waals surface area contributed by atoms with Gasteiger partial charge in [0.25, 0.3) is 5.56 Å². The molecule has 0 aliphatic carbocycles. The van der Waals surface area contributed by atoms with E-state index < -0.39 is 0 Å². The van der Waals surface area contributed by atoms with Gasteiger partial charge in [-0.3, -0.25) is 4.79 Å². The van der Waals surface area contributed by atoms with Gasteiger partial charge >= 0.3 is 0 Å². The lowest BCUT2D eigenvalue weighted by Gasteiger charge is -2.16. The summed E-state index contributed by atoms with van der Waals surface area (Å²) < 4.78 is 14.6. The third-order valence-electron chi connectivity index (χ3n) is 5.85. The highest BCUT2D eigenvalue weighted by Gasteiger charge is 2.17. The summed E-state index contributed by atoms with van der Waals surface area (Å²) in [5.41, 5.74) is 1.74. The van der Waals surface area contributed by atoms with Crippen LogP contribution in [0.5, 0.6) is 11.5 Å². The molecule has 0 saturated carbocycles. The molecule has 192 valence electrons. The Balaban J connectivity index is 1.80. The summed E-state index contributed by atoms with van der Waals surface area (Å²) in [6, 6.07) is 14.3. The normalized spacial score (nSPS) is 12.3. The van der Waals surface area contributed by atoms with E-state index in [2.05, 4.69) is 37.0 Å². The molecule has 0 aliphatic heterocycles. The monoisotopic (exact) mass is 665 g/mol. The van der Waals surface area contributed by atoms with E-state index in [1.165, 1.54) is 4.68 Å². The molecule has 3 aromatic carbocycles. The molecule has 4 rings (SSSR count). The number of nitrogens with zero attached hydrogens (tertiary/aromatic N) is 3. The van der Waals surface area contributed by atoms with Crippen molar-refractivity contribution < 1.29 is 9.47 Å². The number of methoxy groups -OCH3 is 1. The van der Waals surface area contributed by atoms with Crippen molar-refractivity contribution in [1.82, 2.24) is 9.66 Å². The zero-order chi connectivity index (χ0) is 26.7. The maximum atomic E-state index is 13.5. The van der Waals surface area contributed by atoms with E-state index in [0.29, 0.717) is 43.8 Å². The van der Waals surface area contributed by atoms with Crippen LogP contribution in [0.3, 0.4) is 0 Å². The van der Waals surface area contributed by atoms with Gasteiger partial charge in [0.2, 0.25) is 0 Å². The maximum absolute atomic E-state index is 13.5. The first kappa shape index (κ1) is 27.6. The van der Waals surface area contributed by atoms with E-state index in [4.69, 9.17) is 37.7 Å². The van der Waals surface area contributed by atoms with Crippen LogP contribution in [0.15, 0.2) is 67.4 Å².